The van der Waals surface area contributed by atoms with Crippen LogP contribution >= 0.6 is 0 Å². The summed E-state index contributed by atoms with van der Waals surface area (Å²) in [5, 5.41) is 3.94. The quantitative estimate of drug-likeness (QED) is 0.700. The van der Waals surface area contributed by atoms with Gasteiger partial charge in [-0.15, -0.1) is 0 Å². The molecule has 0 aliphatic rings. The third-order valence-electron chi connectivity index (χ3n) is 3.28. The highest BCUT2D eigenvalue weighted by atomic mass is 19.1. The largest absolute Gasteiger partial charge is 0.334 e. The summed E-state index contributed by atoms with van der Waals surface area (Å²) in [6, 6.07) is 12.0. The van der Waals surface area contributed by atoms with Crippen LogP contribution in [0, 0.1) is 19.7 Å². The van der Waals surface area contributed by atoms with Gasteiger partial charge in [-0.1, -0.05) is 11.2 Å². The molecule has 1 heterocycles. The standard InChI is InChI=1S/C16H13FN2O/c1-10-3-4-13(9-11(10)2)16-18-15(19-20-16)12-5-7-14(17)8-6-12/h3-9H,1-2H3. The van der Waals surface area contributed by atoms with Gasteiger partial charge in [-0.2, -0.15) is 4.98 Å². The predicted octanol–water partition coefficient (Wildman–Crippen LogP) is 4.16. The average Bonchev–Trinajstić information content (AvgIpc) is 2.92. The SMILES string of the molecule is Cc1ccc(-c2nc(-c3ccc(F)cc3)no2)cc1C. The van der Waals surface area contributed by atoms with E-state index in [4.69, 9.17) is 4.52 Å². The van der Waals surface area contributed by atoms with Crippen molar-refractivity contribution in [1.82, 2.24) is 10.1 Å². The molecule has 4 heteroatoms. The fraction of sp³-hybridized carbons (Fsp3) is 0.125. The molecule has 3 nitrogen and oxygen atoms in total. The van der Waals surface area contributed by atoms with Crippen LogP contribution in [0.4, 0.5) is 4.39 Å². The van der Waals surface area contributed by atoms with Crippen LogP contribution in [0.25, 0.3) is 22.8 Å². The molecule has 0 radical (unpaired) electrons. The third-order valence-corrected chi connectivity index (χ3v) is 3.28. The van der Waals surface area contributed by atoms with Crippen molar-refractivity contribution in [1.29, 1.82) is 0 Å². The van der Waals surface area contributed by atoms with Crippen LogP contribution in [-0.4, -0.2) is 10.1 Å². The van der Waals surface area contributed by atoms with Crippen LogP contribution in [0.1, 0.15) is 11.1 Å². The fourth-order valence-corrected chi connectivity index (χ4v) is 1.93. The summed E-state index contributed by atoms with van der Waals surface area (Å²) in [4.78, 5) is 4.35. The van der Waals surface area contributed by atoms with Gasteiger partial charge in [0.15, 0.2) is 0 Å². The van der Waals surface area contributed by atoms with E-state index in [0.29, 0.717) is 11.7 Å². The topological polar surface area (TPSA) is 38.9 Å². The zero-order valence-corrected chi connectivity index (χ0v) is 11.2. The van der Waals surface area contributed by atoms with Gasteiger partial charge in [0.1, 0.15) is 5.82 Å². The number of aromatic nitrogens is 2. The second kappa shape index (κ2) is 4.89. The minimum atomic E-state index is -0.286. The number of benzene rings is 2. The molecule has 2 aromatic carbocycles. The molecule has 0 aliphatic heterocycles. The van der Waals surface area contributed by atoms with E-state index in [1.807, 2.05) is 25.1 Å². The van der Waals surface area contributed by atoms with E-state index in [-0.39, 0.29) is 5.82 Å². The molecule has 0 aliphatic carbocycles. The van der Waals surface area contributed by atoms with Gasteiger partial charge in [0.2, 0.25) is 5.82 Å². The summed E-state index contributed by atoms with van der Waals surface area (Å²) in [5.74, 6) is 0.636. The molecule has 1 aromatic heterocycles. The van der Waals surface area contributed by atoms with E-state index in [1.165, 1.54) is 23.3 Å². The van der Waals surface area contributed by atoms with Crippen molar-refractivity contribution in [2.24, 2.45) is 0 Å². The van der Waals surface area contributed by atoms with Crippen LogP contribution < -0.4 is 0 Å². The van der Waals surface area contributed by atoms with Crippen molar-refractivity contribution in [3.8, 4) is 22.8 Å². The maximum Gasteiger partial charge on any atom is 0.258 e. The Bertz CT molecular complexity index is 747. The zero-order valence-electron chi connectivity index (χ0n) is 11.2. The number of rotatable bonds is 2. The van der Waals surface area contributed by atoms with Crippen LogP contribution in [-0.2, 0) is 0 Å². The summed E-state index contributed by atoms with van der Waals surface area (Å²) >= 11 is 0. The molecular formula is C16H13FN2O. The Labute approximate surface area is 116 Å². The van der Waals surface area contributed by atoms with Crippen LogP contribution in [0.15, 0.2) is 47.0 Å². The molecule has 20 heavy (non-hydrogen) atoms. The minimum absolute atomic E-state index is 0.286. The Morgan fingerprint density at radius 3 is 2.30 bits per heavy atom. The van der Waals surface area contributed by atoms with E-state index < -0.39 is 0 Å². The van der Waals surface area contributed by atoms with Crippen molar-refractivity contribution in [3.05, 3.63) is 59.4 Å². The zero-order chi connectivity index (χ0) is 14.1. The summed E-state index contributed by atoms with van der Waals surface area (Å²) < 4.78 is 18.2. The van der Waals surface area contributed by atoms with E-state index in [0.717, 1.165) is 11.1 Å². The first-order valence-electron chi connectivity index (χ1n) is 6.31. The Morgan fingerprint density at radius 1 is 0.900 bits per heavy atom. The molecule has 3 aromatic rings. The molecular weight excluding hydrogens is 255 g/mol. The lowest BCUT2D eigenvalue weighted by Gasteiger charge is -2.00. The lowest BCUT2D eigenvalue weighted by Crippen LogP contribution is -1.84. The Kier molecular flexibility index (Phi) is 3.06. The van der Waals surface area contributed by atoms with Gasteiger partial charge in [0.05, 0.1) is 0 Å². The summed E-state index contributed by atoms with van der Waals surface area (Å²) in [6.45, 7) is 4.09. The van der Waals surface area contributed by atoms with E-state index in [9.17, 15) is 4.39 Å². The highest BCUT2D eigenvalue weighted by Crippen LogP contribution is 2.24. The molecule has 3 rings (SSSR count). The number of aryl methyl sites for hydroxylation is 2. The third kappa shape index (κ3) is 2.32. The van der Waals surface area contributed by atoms with Crippen molar-refractivity contribution >= 4 is 0 Å². The van der Waals surface area contributed by atoms with Crippen LogP contribution in [0.3, 0.4) is 0 Å². The van der Waals surface area contributed by atoms with Gasteiger partial charge in [-0.25, -0.2) is 4.39 Å². The maximum absolute atomic E-state index is 12.9. The lowest BCUT2D eigenvalue weighted by molar-refractivity contribution is 0.432. The van der Waals surface area contributed by atoms with Crippen molar-refractivity contribution in [2.45, 2.75) is 13.8 Å². The number of halogens is 1. The molecule has 100 valence electrons. The Morgan fingerprint density at radius 2 is 1.60 bits per heavy atom. The number of nitrogens with zero attached hydrogens (tertiary/aromatic N) is 2. The van der Waals surface area contributed by atoms with Crippen LogP contribution in [0.2, 0.25) is 0 Å². The number of hydrogen-bond donors (Lipinski definition) is 0. The Balaban J connectivity index is 1.97. The first-order chi connectivity index (χ1) is 9.63. The van der Waals surface area contributed by atoms with Gasteiger partial charge in [0.25, 0.3) is 5.89 Å². The minimum Gasteiger partial charge on any atom is -0.334 e. The van der Waals surface area contributed by atoms with Gasteiger partial charge < -0.3 is 4.52 Å². The highest BCUT2D eigenvalue weighted by molar-refractivity contribution is 5.60. The van der Waals surface area contributed by atoms with Crippen molar-refractivity contribution < 1.29 is 8.91 Å². The normalized spacial score (nSPS) is 10.8. The van der Waals surface area contributed by atoms with Crippen molar-refractivity contribution in [2.75, 3.05) is 0 Å². The van der Waals surface area contributed by atoms with E-state index >= 15 is 0 Å². The molecule has 0 fully saturated rings. The Hall–Kier alpha value is -2.49. The van der Waals surface area contributed by atoms with Gasteiger partial charge in [0, 0.05) is 11.1 Å². The molecule has 0 saturated carbocycles. The molecule has 0 bridgehead atoms. The van der Waals surface area contributed by atoms with Gasteiger partial charge >= 0.3 is 0 Å². The first-order valence-corrected chi connectivity index (χ1v) is 6.31. The second-order valence-corrected chi connectivity index (χ2v) is 4.73. The predicted molar refractivity (Wildman–Crippen MR) is 74.6 cm³/mol. The lowest BCUT2D eigenvalue weighted by atomic mass is 10.1. The fourth-order valence-electron chi connectivity index (χ4n) is 1.93. The molecule has 0 unspecified atom stereocenters. The maximum atomic E-state index is 12.9. The monoisotopic (exact) mass is 268 g/mol. The molecule has 0 spiro atoms. The number of hydrogen-bond acceptors (Lipinski definition) is 3. The molecule has 0 atom stereocenters. The van der Waals surface area contributed by atoms with E-state index in [1.54, 1.807) is 12.1 Å². The van der Waals surface area contributed by atoms with Gasteiger partial charge in [-0.3, -0.25) is 0 Å². The summed E-state index contributed by atoms with van der Waals surface area (Å²) in [6.07, 6.45) is 0. The average molecular weight is 268 g/mol. The smallest absolute Gasteiger partial charge is 0.258 e. The van der Waals surface area contributed by atoms with Gasteiger partial charge in [-0.05, 0) is 61.4 Å². The summed E-state index contributed by atoms with van der Waals surface area (Å²) in [7, 11) is 0. The molecule has 0 saturated heterocycles. The molecule has 0 amide bonds. The van der Waals surface area contributed by atoms with E-state index in [2.05, 4.69) is 17.1 Å². The first kappa shape index (κ1) is 12.5. The van der Waals surface area contributed by atoms with Crippen molar-refractivity contribution in [3.63, 3.8) is 0 Å². The highest BCUT2D eigenvalue weighted by Gasteiger charge is 2.11. The van der Waals surface area contributed by atoms with Crippen LogP contribution in [0.5, 0.6) is 0 Å². The molecule has 0 N–H and O–H groups in total. The summed E-state index contributed by atoms with van der Waals surface area (Å²) in [5.41, 5.74) is 4.00. The second-order valence-electron chi connectivity index (χ2n) is 4.73.